The van der Waals surface area contributed by atoms with Crippen molar-refractivity contribution >= 4 is 115 Å². The molecule has 732 valence electrons. The highest BCUT2D eigenvalue weighted by molar-refractivity contribution is 6.10. The normalized spacial score (nSPS) is 20.3. The number of hydrogen-bond donors (Lipinski definition) is 3. The van der Waals surface area contributed by atoms with Crippen LogP contribution in [0, 0.1) is 12.3 Å². The van der Waals surface area contributed by atoms with Gasteiger partial charge in [0.05, 0.1) is 75.5 Å². The number of likely N-dealkylation sites (tertiary alicyclic amines) is 1. The van der Waals surface area contributed by atoms with Gasteiger partial charge in [-0.3, -0.25) is 28.9 Å². The van der Waals surface area contributed by atoms with E-state index >= 15 is 0 Å². The van der Waals surface area contributed by atoms with Crippen molar-refractivity contribution in [3.8, 4) is 11.5 Å². The van der Waals surface area contributed by atoms with E-state index in [-0.39, 0.29) is 109 Å². The molecule has 13 heterocycles. The van der Waals surface area contributed by atoms with Gasteiger partial charge in [0.15, 0.2) is 47.5 Å². The summed E-state index contributed by atoms with van der Waals surface area (Å²) < 4.78 is 45.1. The van der Waals surface area contributed by atoms with Gasteiger partial charge in [-0.2, -0.15) is 0 Å². The zero-order valence-electron chi connectivity index (χ0n) is 82.8. The largest absolute Gasteiger partial charge is 0.488 e. The number of carbonyl (C=O) groups excluding carboxylic acids is 8. The number of nitrogens with one attached hydrogen (secondary N) is 3. The Morgan fingerprint density at radius 1 is 0.460 bits per heavy atom. The Hall–Kier alpha value is -12.6. The van der Waals surface area contributed by atoms with Gasteiger partial charge in [-0.05, 0) is 190 Å². The fourth-order valence-electron chi connectivity index (χ4n) is 20.1. The number of urea groups is 3. The number of aryl methyl sites for hydroxylation is 1. The van der Waals surface area contributed by atoms with Crippen molar-refractivity contribution in [1.82, 2.24) is 74.2 Å². The minimum Gasteiger partial charge on any atom is -0.488 e. The quantitative estimate of drug-likeness (QED) is 0.0192. The fourth-order valence-corrected chi connectivity index (χ4v) is 20.1. The van der Waals surface area contributed by atoms with Crippen LogP contribution in [0.25, 0.3) is 44.1 Å². The van der Waals surface area contributed by atoms with Crippen LogP contribution in [0.5, 0.6) is 11.5 Å². The van der Waals surface area contributed by atoms with Crippen molar-refractivity contribution in [3.63, 3.8) is 0 Å². The Labute approximate surface area is 802 Å². The first-order valence-corrected chi connectivity index (χ1v) is 49.7. The van der Waals surface area contributed by atoms with E-state index in [0.717, 1.165) is 148 Å². The molecule has 0 spiro atoms. The highest BCUT2D eigenvalue weighted by atomic mass is 16.5. The number of carbonyl (C=O) groups is 8. The lowest BCUT2D eigenvalue weighted by Crippen LogP contribution is -2.40. The lowest BCUT2D eigenvalue weighted by atomic mass is 9.71. The zero-order valence-corrected chi connectivity index (χ0v) is 82.8. The molecule has 0 saturated carbocycles. The molecule has 0 aliphatic carbocycles. The number of imide groups is 4. The van der Waals surface area contributed by atoms with Crippen molar-refractivity contribution < 1.29 is 66.8 Å². The van der Waals surface area contributed by atoms with Gasteiger partial charge in [-0.25, -0.2) is 67.7 Å². The summed E-state index contributed by atoms with van der Waals surface area (Å²) >= 11 is 0. The molecule has 0 radical (unpaired) electrons. The maximum Gasteiger partial charge on any atom is 0.325 e. The third-order valence-electron chi connectivity index (χ3n) is 26.3. The summed E-state index contributed by atoms with van der Waals surface area (Å²) in [6.07, 6.45) is 26.2. The molecule has 137 heavy (non-hydrogen) atoms. The lowest BCUT2D eigenvalue weighted by molar-refractivity contribution is -0.140. The molecule has 9 aromatic rings. The number of ether oxygens (including phenoxy) is 6. The molecule has 9 aliphatic rings. The van der Waals surface area contributed by atoms with E-state index in [1.165, 1.54) is 91.7 Å². The van der Waals surface area contributed by atoms with Crippen LogP contribution in [-0.2, 0) is 48.3 Å². The number of para-hydroxylation sites is 6. The molecule has 11 amide bonds. The first kappa shape index (κ1) is 98.9. The number of imidazole rings is 4. The zero-order chi connectivity index (χ0) is 97.5. The van der Waals surface area contributed by atoms with Gasteiger partial charge in [0, 0.05) is 24.0 Å². The maximum absolute atomic E-state index is 13.1. The second-order valence-electron chi connectivity index (χ2n) is 40.5. The minimum atomic E-state index is -0.875. The summed E-state index contributed by atoms with van der Waals surface area (Å²) in [4.78, 5) is 124. The molecule has 9 unspecified atom stereocenters. The van der Waals surface area contributed by atoms with Crippen LogP contribution in [0.3, 0.4) is 0 Å². The van der Waals surface area contributed by atoms with Crippen molar-refractivity contribution in [2.24, 2.45) is 25.8 Å². The fraction of sp³-hybridized carbons (Fsp3) is 0.558. The Morgan fingerprint density at radius 3 is 1.33 bits per heavy atom. The van der Waals surface area contributed by atoms with Gasteiger partial charge >= 0.3 is 18.1 Å². The van der Waals surface area contributed by atoms with E-state index in [1.807, 2.05) is 126 Å². The molecule has 9 aliphatic heterocycles. The molecular weight excluding hydrogens is 1740 g/mol. The Kier molecular flexibility index (Phi) is 30.7. The summed E-state index contributed by atoms with van der Waals surface area (Å²) in [6.45, 7) is 36.2. The number of fused-ring (bicyclic) bond motifs is 13. The number of amides is 11. The second kappa shape index (κ2) is 42.6. The first-order valence-electron chi connectivity index (χ1n) is 49.7. The standard InChI is InChI=1S/C41H57N5O5.C24H32N4O3.C23H31N5O3.C16H17N5O3/c1-11-12-13-14-15-27(50-33-19-28-26(3)21-41(9,10)51-32(28)20-29(33)40(7,8)24-39(4,5)6)23-49-37-35(45-34(47)22-42-38(45)48)36-43-30-18-25(2)16-17-31(30)46(36)44-37;1-3-4-5-6-7-8-9-12-17(2)31-24-22(27-20(29)15-16-21(27)30)23-25-18-13-10-11-14-19(18)28(23)26-24;1-3-4-5-6-7-8-9-12-16(2)31-22-20(27-19(29)15-24-23(27)30)21-25-17-13-10-11-14-18(17)28(21)26-22;1-8(2)24-14-12(20-15(22)9(3)17-16(20)23)13-18-10-6-4-5-7-11(10)21(13)19-14/h16-20,26-27,35H,11-15,21-24H2,1-10H3,(H,42,48);10-11,13-14,17,22H,3-9,12,15-16H2,1-2H3;10-11,13-14,16,20H,3-9,12,15H2,1-2H3,(H,24,30);4-9,12H,1-3H3,(H,17,23). The molecular formula is C104H137N19O14. The number of nitrogens with zero attached hydrogens (tertiary/aromatic N) is 16. The SMILES string of the molecule is CC(C)OC1=Nn2c(nc3ccccc32)C1N1C(=O)NC(C)C1=O.CCCCCCC(COC1=Nn2c(nc3cc(C)ccc32)C1N1C(=O)CNC1=O)Oc1cc2c(cc1C(C)(C)CC(C)(C)C)OC(C)(C)CC2C.CCCCCCCCCC(C)OC1=Nn2c(nc3ccccc32)C1N1C(=O)CCC1=O.CCCCCCCCCC(C)OC1=Nn2c(nc3ccccc32)C1N1C(=O)CNC1=O. The van der Waals surface area contributed by atoms with Crippen LogP contribution >= 0.6 is 0 Å². The predicted molar refractivity (Wildman–Crippen MR) is 525 cm³/mol. The molecule has 4 aromatic heterocycles. The molecule has 9 atom stereocenters. The average molecular weight is 1880 g/mol. The smallest absolute Gasteiger partial charge is 0.325 e. The van der Waals surface area contributed by atoms with Crippen LogP contribution in [-0.4, -0.2) is 185 Å². The Balaban J connectivity index is 0.000000145. The highest BCUT2D eigenvalue weighted by Crippen LogP contribution is 2.50. The maximum atomic E-state index is 13.1. The van der Waals surface area contributed by atoms with Crippen molar-refractivity contribution in [2.45, 2.75) is 350 Å². The van der Waals surface area contributed by atoms with E-state index in [4.69, 9.17) is 38.5 Å². The van der Waals surface area contributed by atoms with Gasteiger partial charge in [-0.1, -0.05) is 201 Å². The monoisotopic (exact) mass is 1880 g/mol. The number of aromatic nitrogens is 8. The van der Waals surface area contributed by atoms with Gasteiger partial charge < -0.3 is 44.4 Å². The van der Waals surface area contributed by atoms with Gasteiger partial charge in [0.1, 0.15) is 35.9 Å². The van der Waals surface area contributed by atoms with Crippen LogP contribution in [0.4, 0.5) is 14.4 Å². The predicted octanol–water partition coefficient (Wildman–Crippen LogP) is 19.8. The topological polar surface area (TPSA) is 362 Å². The molecule has 18 rings (SSSR count). The third kappa shape index (κ3) is 22.0. The number of unbranched alkanes of at least 4 members (excludes halogenated alkanes) is 15. The molecule has 4 fully saturated rings. The lowest BCUT2D eigenvalue weighted by Gasteiger charge is -2.39. The summed E-state index contributed by atoms with van der Waals surface area (Å²) in [5.41, 5.74) is 9.32. The van der Waals surface area contributed by atoms with Gasteiger partial charge in [-0.15, -0.1) is 20.4 Å². The summed E-state index contributed by atoms with van der Waals surface area (Å²) in [5.74, 6) is 4.17. The van der Waals surface area contributed by atoms with E-state index < -0.39 is 48.3 Å². The Bertz CT molecular complexity index is 5900. The van der Waals surface area contributed by atoms with Crippen LogP contribution in [0.1, 0.15) is 341 Å². The van der Waals surface area contributed by atoms with Crippen molar-refractivity contribution in [3.05, 3.63) is 143 Å². The summed E-state index contributed by atoms with van der Waals surface area (Å²) in [5, 5.41) is 26.5. The van der Waals surface area contributed by atoms with E-state index in [2.05, 4.69) is 135 Å². The molecule has 3 N–H and O–H groups in total. The van der Waals surface area contributed by atoms with E-state index in [1.54, 1.807) is 25.6 Å². The van der Waals surface area contributed by atoms with Crippen LogP contribution in [0.2, 0.25) is 0 Å². The molecule has 0 bridgehead atoms. The second-order valence-corrected chi connectivity index (χ2v) is 40.5. The Morgan fingerprint density at radius 2 is 0.876 bits per heavy atom. The van der Waals surface area contributed by atoms with E-state index in [9.17, 15) is 38.4 Å². The summed E-state index contributed by atoms with van der Waals surface area (Å²) in [6, 6.07) is 28.2. The highest BCUT2D eigenvalue weighted by Gasteiger charge is 2.52. The molecule has 4 saturated heterocycles. The molecule has 33 heteroatoms. The van der Waals surface area contributed by atoms with Crippen molar-refractivity contribution in [1.29, 1.82) is 0 Å². The third-order valence-corrected chi connectivity index (χ3v) is 26.3. The molecule has 5 aromatic carbocycles. The van der Waals surface area contributed by atoms with E-state index in [0.29, 0.717) is 46.9 Å². The summed E-state index contributed by atoms with van der Waals surface area (Å²) in [7, 11) is 0. The number of hydrogen-bond acceptors (Lipinski definition) is 22. The first-order chi connectivity index (χ1) is 65.6. The average Bonchev–Trinajstić information content (AvgIpc) is 1.58. The number of rotatable bonds is 34. The minimum absolute atomic E-state index is 0.0174. The van der Waals surface area contributed by atoms with Gasteiger partial charge in [0.25, 0.3) is 17.7 Å². The van der Waals surface area contributed by atoms with Gasteiger partial charge in [0.2, 0.25) is 35.4 Å². The van der Waals surface area contributed by atoms with Crippen molar-refractivity contribution in [2.75, 3.05) is 19.7 Å². The number of benzene rings is 5. The van der Waals surface area contributed by atoms with Crippen LogP contribution < -0.4 is 25.4 Å². The molecule has 33 nitrogen and oxygen atoms in total. The van der Waals surface area contributed by atoms with Crippen LogP contribution in [0.15, 0.2) is 124 Å².